The largest absolute Gasteiger partial charge is 0.396 e. The highest BCUT2D eigenvalue weighted by molar-refractivity contribution is 7.99. The Kier molecular flexibility index (Phi) is 4.90. The SMILES string of the molecule is Cc1c(F)c(SCCO)c2[nH]ncc2c1-c1ccn2nc(NC(=O)[C@@H]3C[C@@H]3F)cc2c1. The number of aromatic amines is 1. The molecule has 1 fully saturated rings. The van der Waals surface area contributed by atoms with Gasteiger partial charge >= 0.3 is 0 Å². The van der Waals surface area contributed by atoms with Gasteiger partial charge in [0.05, 0.1) is 34.7 Å². The molecule has 0 unspecified atom stereocenters. The van der Waals surface area contributed by atoms with E-state index in [1.165, 1.54) is 11.8 Å². The van der Waals surface area contributed by atoms with E-state index in [2.05, 4.69) is 20.6 Å². The highest BCUT2D eigenvalue weighted by Gasteiger charge is 2.43. The standard InChI is InChI=1S/C21H19F2N5O2S/c1-10-17(14-9-24-26-19(14)20(18(10)23)31-5-4-29)11-2-3-28-12(6-11)7-16(27-28)25-21(30)13-8-15(13)22/h2-3,6-7,9,13,15,29H,4-5,8H2,1H3,(H,24,26)(H,25,27,30)/t13-,15+/m1/s1. The summed E-state index contributed by atoms with van der Waals surface area (Å²) in [5, 5.41) is 23.8. The lowest BCUT2D eigenvalue weighted by molar-refractivity contribution is -0.117. The van der Waals surface area contributed by atoms with Crippen molar-refractivity contribution in [1.29, 1.82) is 0 Å². The zero-order valence-corrected chi connectivity index (χ0v) is 17.3. The van der Waals surface area contributed by atoms with Crippen LogP contribution in [0.5, 0.6) is 0 Å². The highest BCUT2D eigenvalue weighted by atomic mass is 32.2. The number of carbonyl (C=O) groups is 1. The molecule has 2 atom stereocenters. The summed E-state index contributed by atoms with van der Waals surface area (Å²) in [6.45, 7) is 1.67. The molecule has 7 nitrogen and oxygen atoms in total. The Morgan fingerprint density at radius 1 is 1.45 bits per heavy atom. The normalized spacial score (nSPS) is 18.1. The molecule has 1 aliphatic carbocycles. The van der Waals surface area contributed by atoms with E-state index in [4.69, 9.17) is 5.11 Å². The van der Waals surface area contributed by atoms with Gasteiger partial charge in [0, 0.05) is 23.4 Å². The first-order valence-electron chi connectivity index (χ1n) is 9.81. The molecule has 0 spiro atoms. The molecule has 1 aromatic carbocycles. The summed E-state index contributed by atoms with van der Waals surface area (Å²) in [5.74, 6) is -0.595. The lowest BCUT2D eigenvalue weighted by Crippen LogP contribution is -2.15. The number of fused-ring (bicyclic) bond motifs is 2. The topological polar surface area (TPSA) is 95.3 Å². The van der Waals surface area contributed by atoms with Crippen LogP contribution in [0.15, 0.2) is 35.5 Å². The van der Waals surface area contributed by atoms with Gasteiger partial charge in [-0.25, -0.2) is 13.3 Å². The molecule has 0 bridgehead atoms. The number of pyridine rings is 1. The van der Waals surface area contributed by atoms with Crippen LogP contribution in [-0.4, -0.2) is 49.4 Å². The predicted molar refractivity (Wildman–Crippen MR) is 114 cm³/mol. The number of alkyl halides is 1. The molecule has 0 saturated heterocycles. The first-order valence-corrected chi connectivity index (χ1v) is 10.8. The summed E-state index contributed by atoms with van der Waals surface area (Å²) in [5.41, 5.74) is 3.26. The minimum atomic E-state index is -1.07. The number of H-pyrrole nitrogens is 1. The van der Waals surface area contributed by atoms with Gasteiger partial charge in [-0.2, -0.15) is 10.2 Å². The van der Waals surface area contributed by atoms with Crippen molar-refractivity contribution in [2.24, 2.45) is 5.92 Å². The van der Waals surface area contributed by atoms with Gasteiger partial charge in [-0.1, -0.05) is 0 Å². The number of aliphatic hydroxyl groups excluding tert-OH is 1. The summed E-state index contributed by atoms with van der Waals surface area (Å²) in [6.07, 6.45) is 2.57. The van der Waals surface area contributed by atoms with Crippen LogP contribution < -0.4 is 5.32 Å². The molecule has 3 N–H and O–H groups in total. The monoisotopic (exact) mass is 443 g/mol. The van der Waals surface area contributed by atoms with Crippen LogP contribution >= 0.6 is 11.8 Å². The van der Waals surface area contributed by atoms with E-state index in [-0.39, 0.29) is 24.8 Å². The molecule has 1 amide bonds. The Balaban J connectivity index is 1.55. The minimum absolute atomic E-state index is 0.0516. The molecule has 1 aliphatic rings. The number of anilines is 1. The van der Waals surface area contributed by atoms with E-state index in [1.54, 1.807) is 29.9 Å². The average molecular weight is 443 g/mol. The van der Waals surface area contributed by atoms with Crippen LogP contribution in [0, 0.1) is 18.7 Å². The lowest BCUT2D eigenvalue weighted by Gasteiger charge is -2.13. The van der Waals surface area contributed by atoms with E-state index < -0.39 is 12.1 Å². The summed E-state index contributed by atoms with van der Waals surface area (Å²) in [4.78, 5) is 12.4. The maximum Gasteiger partial charge on any atom is 0.231 e. The predicted octanol–water partition coefficient (Wildman–Crippen LogP) is 3.71. The number of nitrogens with zero attached hydrogens (tertiary/aromatic N) is 3. The van der Waals surface area contributed by atoms with Gasteiger partial charge in [0.2, 0.25) is 5.91 Å². The number of rotatable bonds is 6. The zero-order valence-electron chi connectivity index (χ0n) is 16.5. The summed E-state index contributed by atoms with van der Waals surface area (Å²) in [7, 11) is 0. The van der Waals surface area contributed by atoms with Crippen molar-refractivity contribution in [2.75, 3.05) is 17.7 Å². The molecule has 160 valence electrons. The Labute approximate surface area is 179 Å². The van der Waals surface area contributed by atoms with Gasteiger partial charge in [-0.05, 0) is 42.2 Å². The molecular formula is C21H19F2N5O2S. The van der Waals surface area contributed by atoms with Crippen LogP contribution in [-0.2, 0) is 4.79 Å². The fourth-order valence-corrected chi connectivity index (χ4v) is 4.64. The van der Waals surface area contributed by atoms with E-state index >= 15 is 4.39 Å². The number of amides is 1. The second-order valence-corrected chi connectivity index (χ2v) is 8.64. The van der Waals surface area contributed by atoms with Gasteiger partial charge in [-0.15, -0.1) is 11.8 Å². The van der Waals surface area contributed by atoms with E-state index in [0.717, 1.165) is 10.9 Å². The molecule has 31 heavy (non-hydrogen) atoms. The van der Waals surface area contributed by atoms with Gasteiger partial charge in [0.25, 0.3) is 0 Å². The molecule has 4 aromatic rings. The minimum Gasteiger partial charge on any atom is -0.396 e. The third kappa shape index (κ3) is 3.45. The molecule has 1 saturated carbocycles. The van der Waals surface area contributed by atoms with Crippen LogP contribution in [0.2, 0.25) is 0 Å². The van der Waals surface area contributed by atoms with Gasteiger partial charge < -0.3 is 10.4 Å². The molecule has 5 rings (SSSR count). The maximum atomic E-state index is 15.2. The van der Waals surface area contributed by atoms with Crippen LogP contribution in [0.25, 0.3) is 27.5 Å². The Bertz CT molecular complexity index is 1320. The Morgan fingerprint density at radius 3 is 3.00 bits per heavy atom. The third-order valence-corrected chi connectivity index (χ3v) is 6.49. The van der Waals surface area contributed by atoms with Gasteiger partial charge in [0.15, 0.2) is 5.82 Å². The molecular weight excluding hydrogens is 424 g/mol. The molecule has 3 aromatic heterocycles. The van der Waals surface area contributed by atoms with Crippen LogP contribution in [0.1, 0.15) is 12.0 Å². The second kappa shape index (κ2) is 7.61. The number of carbonyl (C=O) groups excluding carboxylic acids is 1. The third-order valence-electron chi connectivity index (χ3n) is 5.43. The van der Waals surface area contributed by atoms with Crippen LogP contribution in [0.4, 0.5) is 14.6 Å². The average Bonchev–Trinajstić information content (AvgIpc) is 3.12. The van der Waals surface area contributed by atoms with Gasteiger partial charge in [-0.3, -0.25) is 9.89 Å². The highest BCUT2D eigenvalue weighted by Crippen LogP contribution is 2.40. The summed E-state index contributed by atoms with van der Waals surface area (Å²) < 4.78 is 29.9. The molecule has 0 aliphatic heterocycles. The van der Waals surface area contributed by atoms with Gasteiger partial charge in [0.1, 0.15) is 12.0 Å². The molecule has 10 heteroatoms. The lowest BCUT2D eigenvalue weighted by atomic mass is 9.97. The van der Waals surface area contributed by atoms with Crippen molar-refractivity contribution < 1.29 is 18.7 Å². The summed E-state index contributed by atoms with van der Waals surface area (Å²) >= 11 is 1.24. The van der Waals surface area contributed by atoms with Crippen molar-refractivity contribution in [2.45, 2.75) is 24.4 Å². The summed E-state index contributed by atoms with van der Waals surface area (Å²) in [6, 6.07) is 5.37. The first kappa shape index (κ1) is 20.0. The van der Waals surface area contributed by atoms with E-state index in [0.29, 0.717) is 38.6 Å². The number of halogens is 2. The number of aromatic nitrogens is 4. The molecule has 3 heterocycles. The number of hydrogen-bond acceptors (Lipinski definition) is 5. The Morgan fingerprint density at radius 2 is 2.26 bits per heavy atom. The first-order chi connectivity index (χ1) is 15.0. The Hall–Kier alpha value is -2.98. The van der Waals surface area contributed by atoms with Crippen molar-refractivity contribution in [1.82, 2.24) is 19.8 Å². The zero-order chi connectivity index (χ0) is 21.7. The number of aliphatic hydroxyl groups is 1. The van der Waals surface area contributed by atoms with Crippen molar-refractivity contribution in [3.8, 4) is 11.1 Å². The number of benzene rings is 1. The fourth-order valence-electron chi connectivity index (χ4n) is 3.76. The number of thioether (sulfide) groups is 1. The van der Waals surface area contributed by atoms with E-state index in [1.807, 2.05) is 12.1 Å². The van der Waals surface area contributed by atoms with Crippen molar-refractivity contribution in [3.63, 3.8) is 0 Å². The van der Waals surface area contributed by atoms with E-state index in [9.17, 15) is 9.18 Å². The van der Waals surface area contributed by atoms with Crippen LogP contribution in [0.3, 0.4) is 0 Å². The van der Waals surface area contributed by atoms with Crippen molar-refractivity contribution >= 4 is 39.9 Å². The smallest absolute Gasteiger partial charge is 0.231 e. The maximum absolute atomic E-state index is 15.2. The number of hydrogen-bond donors (Lipinski definition) is 3. The quantitative estimate of drug-likeness (QED) is 0.395. The number of nitrogens with one attached hydrogen (secondary N) is 2. The fraction of sp³-hybridized carbons (Fsp3) is 0.286. The second-order valence-electron chi connectivity index (χ2n) is 7.54. The van der Waals surface area contributed by atoms with Crippen molar-refractivity contribution in [3.05, 3.63) is 42.0 Å². The molecule has 0 radical (unpaired) electrons.